The van der Waals surface area contributed by atoms with Gasteiger partial charge in [-0.3, -0.25) is 9.52 Å². The van der Waals surface area contributed by atoms with Crippen LogP contribution in [0.1, 0.15) is 29.2 Å². The number of halogens is 6. The number of carbonyl (C=O) groups is 1. The highest BCUT2D eigenvalue weighted by molar-refractivity contribution is 7.92. The van der Waals surface area contributed by atoms with E-state index < -0.39 is 66.9 Å². The minimum absolute atomic E-state index is 0.0313. The molecule has 43 heavy (non-hydrogen) atoms. The number of anilines is 1. The minimum atomic E-state index is -5.35. The van der Waals surface area contributed by atoms with E-state index in [-0.39, 0.29) is 46.0 Å². The Morgan fingerprint density at radius 1 is 0.814 bits per heavy atom. The van der Waals surface area contributed by atoms with Crippen LogP contribution in [0.3, 0.4) is 0 Å². The number of aliphatic carboxylic acids is 1. The van der Waals surface area contributed by atoms with Gasteiger partial charge in [-0.1, -0.05) is 18.2 Å². The van der Waals surface area contributed by atoms with E-state index in [0.717, 1.165) is 12.1 Å². The summed E-state index contributed by atoms with van der Waals surface area (Å²) >= 11 is 0. The molecule has 1 atom stereocenters. The van der Waals surface area contributed by atoms with Gasteiger partial charge in [-0.05, 0) is 54.1 Å². The van der Waals surface area contributed by atoms with Crippen LogP contribution in [0.15, 0.2) is 81.5 Å². The van der Waals surface area contributed by atoms with Gasteiger partial charge in [-0.15, -0.1) is 0 Å². The maximum Gasteiger partial charge on any atom is 0.416 e. The maximum absolute atomic E-state index is 13.3. The molecule has 0 saturated carbocycles. The predicted molar refractivity (Wildman–Crippen MR) is 141 cm³/mol. The number of nitrogens with one attached hydrogen (secondary N) is 2. The lowest BCUT2D eigenvalue weighted by molar-refractivity contribution is -0.143. The molecule has 11 nitrogen and oxygen atoms in total. The molecule has 0 aromatic heterocycles. The molecule has 0 fully saturated rings. The number of hydrogen-bond donors (Lipinski definition) is 5. The van der Waals surface area contributed by atoms with Crippen LogP contribution in [-0.2, 0) is 37.2 Å². The highest BCUT2D eigenvalue weighted by Crippen LogP contribution is 2.37. The molecule has 3 rings (SSSR count). The van der Waals surface area contributed by atoms with E-state index in [1.807, 2.05) is 0 Å². The van der Waals surface area contributed by atoms with E-state index in [2.05, 4.69) is 9.71 Å². The van der Waals surface area contributed by atoms with Crippen LogP contribution < -0.4 is 20.9 Å². The van der Waals surface area contributed by atoms with Gasteiger partial charge in [0.25, 0.3) is 10.0 Å². The van der Waals surface area contributed by atoms with E-state index in [0.29, 0.717) is 0 Å². The number of rotatable bonds is 10. The Kier molecular flexibility index (Phi) is 9.32. The van der Waals surface area contributed by atoms with Gasteiger partial charge in [0.1, 0.15) is 0 Å². The van der Waals surface area contributed by atoms with Crippen molar-refractivity contribution in [2.75, 3.05) is 4.72 Å². The van der Waals surface area contributed by atoms with E-state index in [4.69, 9.17) is 11.5 Å². The van der Waals surface area contributed by atoms with Gasteiger partial charge in [0.15, 0.2) is 5.96 Å². The Hall–Kier alpha value is -4.36. The predicted octanol–water partition coefficient (Wildman–Crippen LogP) is 3.92. The maximum atomic E-state index is 13.3. The Balaban J connectivity index is 2.00. The van der Waals surface area contributed by atoms with E-state index in [1.54, 1.807) is 4.72 Å². The van der Waals surface area contributed by atoms with Crippen LogP contribution in [0.4, 0.5) is 37.7 Å². The van der Waals surface area contributed by atoms with Crippen molar-refractivity contribution >= 4 is 43.4 Å². The Morgan fingerprint density at radius 2 is 1.40 bits per heavy atom. The number of carboxylic acids is 1. The van der Waals surface area contributed by atoms with Gasteiger partial charge >= 0.3 is 18.3 Å². The number of carboxylic acid groups (broad SMARTS) is 1. The first-order valence-electron chi connectivity index (χ1n) is 11.5. The second kappa shape index (κ2) is 12.1. The quantitative estimate of drug-likeness (QED) is 0.123. The summed E-state index contributed by atoms with van der Waals surface area (Å²) in [6.07, 6.45) is -11.7. The average molecular weight is 654 g/mol. The first kappa shape index (κ1) is 33.1. The normalized spacial score (nSPS) is 13.3. The average Bonchev–Trinajstić information content (AvgIpc) is 2.86. The molecule has 19 heteroatoms. The molecule has 0 spiro atoms. The second-order valence-corrected chi connectivity index (χ2v) is 12.2. The number of alkyl halides is 6. The lowest BCUT2D eigenvalue weighted by Gasteiger charge is -2.20. The molecule has 0 radical (unpaired) electrons. The van der Waals surface area contributed by atoms with Gasteiger partial charge in [0, 0.05) is 5.69 Å². The number of aliphatic imine (C=N–C) groups is 1. The SMILES string of the molecule is NC(N)=Nc1cccc(S(=O)(=O)Nc2cccc(C(CC(=O)O)NS(=O)(=O)c3cc(C(F)(F)F)cc(C(F)(F)F)c3)c2)c1. The van der Waals surface area contributed by atoms with Crippen LogP contribution in [0.5, 0.6) is 0 Å². The lowest BCUT2D eigenvalue weighted by Crippen LogP contribution is -2.31. The summed E-state index contributed by atoms with van der Waals surface area (Å²) in [5, 5.41) is 9.33. The highest BCUT2D eigenvalue weighted by Gasteiger charge is 2.38. The topological polar surface area (TPSA) is 194 Å². The lowest BCUT2D eigenvalue weighted by atomic mass is 10.0. The molecule has 7 N–H and O–H groups in total. The van der Waals surface area contributed by atoms with Crippen molar-refractivity contribution in [2.24, 2.45) is 16.5 Å². The van der Waals surface area contributed by atoms with Crippen molar-refractivity contribution in [2.45, 2.75) is 34.6 Å². The van der Waals surface area contributed by atoms with Crippen LogP contribution in [0.2, 0.25) is 0 Å². The molecule has 0 saturated heterocycles. The number of benzene rings is 3. The zero-order chi connectivity index (χ0) is 32.4. The molecule has 232 valence electrons. The van der Waals surface area contributed by atoms with Crippen molar-refractivity contribution in [3.05, 3.63) is 83.4 Å². The molecule has 0 aliphatic heterocycles. The first-order valence-corrected chi connectivity index (χ1v) is 14.5. The molecular weight excluding hydrogens is 632 g/mol. The molecule has 0 amide bonds. The molecule has 0 aliphatic carbocycles. The van der Waals surface area contributed by atoms with Crippen molar-refractivity contribution < 1.29 is 53.1 Å². The zero-order valence-corrected chi connectivity index (χ0v) is 22.9. The van der Waals surface area contributed by atoms with Gasteiger partial charge in [0.05, 0.1) is 39.1 Å². The van der Waals surface area contributed by atoms with E-state index in [1.165, 1.54) is 36.4 Å². The Bertz CT molecular complexity index is 1740. The molecule has 0 bridgehead atoms. The second-order valence-electron chi connectivity index (χ2n) is 8.78. The van der Waals surface area contributed by atoms with Gasteiger partial charge in [-0.2, -0.15) is 26.3 Å². The number of hydrogen-bond acceptors (Lipinski definition) is 6. The monoisotopic (exact) mass is 653 g/mol. The number of guanidine groups is 1. The van der Waals surface area contributed by atoms with Crippen molar-refractivity contribution in [3.63, 3.8) is 0 Å². The van der Waals surface area contributed by atoms with Crippen LogP contribution in [-0.4, -0.2) is 33.9 Å². The Morgan fingerprint density at radius 3 is 1.93 bits per heavy atom. The highest BCUT2D eigenvalue weighted by atomic mass is 32.2. The van der Waals surface area contributed by atoms with Crippen molar-refractivity contribution in [1.82, 2.24) is 4.72 Å². The summed E-state index contributed by atoms with van der Waals surface area (Å²) in [6, 6.07) is 7.59. The fourth-order valence-electron chi connectivity index (χ4n) is 3.64. The van der Waals surface area contributed by atoms with E-state index in [9.17, 15) is 53.1 Å². The molecule has 1 unspecified atom stereocenters. The molecule has 0 aliphatic rings. The number of sulfonamides is 2. The van der Waals surface area contributed by atoms with Crippen LogP contribution >= 0.6 is 0 Å². The zero-order valence-electron chi connectivity index (χ0n) is 21.3. The fraction of sp³-hybridized carbons (Fsp3) is 0.167. The van der Waals surface area contributed by atoms with Crippen molar-refractivity contribution in [1.29, 1.82) is 0 Å². The van der Waals surface area contributed by atoms with Crippen LogP contribution in [0, 0.1) is 0 Å². The summed E-state index contributed by atoms with van der Waals surface area (Å²) in [5.41, 5.74) is 6.48. The van der Waals surface area contributed by atoms with Crippen LogP contribution in [0.25, 0.3) is 0 Å². The summed E-state index contributed by atoms with van der Waals surface area (Å²) in [5.74, 6) is -1.95. The third-order valence-corrected chi connectivity index (χ3v) is 8.31. The van der Waals surface area contributed by atoms with Gasteiger partial charge in [-0.25, -0.2) is 26.6 Å². The summed E-state index contributed by atoms with van der Waals surface area (Å²) in [4.78, 5) is 13.5. The molecule has 0 heterocycles. The fourth-order valence-corrected chi connectivity index (χ4v) is 6.02. The Labute approximate surface area is 240 Å². The molecule has 3 aromatic carbocycles. The largest absolute Gasteiger partial charge is 0.481 e. The number of nitrogens with zero attached hydrogens (tertiary/aromatic N) is 1. The van der Waals surface area contributed by atoms with Crippen molar-refractivity contribution in [3.8, 4) is 0 Å². The standard InChI is InChI=1S/C24H21F6N5O6S2/c25-23(26,27)14-8-15(24(28,29)30)10-19(9-14)43(40,41)35-20(12-21(36)37)13-3-1-5-17(7-13)34-42(38,39)18-6-2-4-16(11-18)33-22(31)32/h1-11,20,34-35H,12H2,(H,36,37)(H4,31,32,33). The van der Waals surface area contributed by atoms with E-state index >= 15 is 0 Å². The summed E-state index contributed by atoms with van der Waals surface area (Å²) in [6.45, 7) is 0. The minimum Gasteiger partial charge on any atom is -0.481 e. The summed E-state index contributed by atoms with van der Waals surface area (Å²) < 4.78 is 135. The molecular formula is C24H21F6N5O6S2. The van der Waals surface area contributed by atoms with Gasteiger partial charge < -0.3 is 16.6 Å². The smallest absolute Gasteiger partial charge is 0.416 e. The van der Waals surface area contributed by atoms with Gasteiger partial charge in [0.2, 0.25) is 10.0 Å². The third-order valence-electron chi connectivity index (χ3n) is 5.47. The first-order chi connectivity index (χ1) is 19.7. The number of nitrogens with two attached hydrogens (primary N) is 2. The molecule has 3 aromatic rings. The summed E-state index contributed by atoms with van der Waals surface area (Å²) in [7, 11) is -9.53. The third kappa shape index (κ3) is 8.82.